The van der Waals surface area contributed by atoms with Gasteiger partial charge in [0.15, 0.2) is 0 Å². The summed E-state index contributed by atoms with van der Waals surface area (Å²) in [5.41, 5.74) is 5.18. The molecule has 20 heavy (non-hydrogen) atoms. The Bertz CT molecular complexity index is 428. The highest BCUT2D eigenvalue weighted by Gasteiger charge is 2.29. The van der Waals surface area contributed by atoms with Gasteiger partial charge in [-0.05, 0) is 52.0 Å². The Morgan fingerprint density at radius 1 is 1.25 bits per heavy atom. The molecule has 0 bridgehead atoms. The number of nitrogens with two attached hydrogens (primary N) is 1. The standard InChI is InChI=1S/C13H26N2O4S/c1-13(2,3)19-12(16)15-9-11-5-7-20(17,18)6-4-10(11)8-14/h10-11H,4-9,14H2,1-3H3,(H,15,16). The van der Waals surface area contributed by atoms with E-state index in [0.717, 1.165) is 0 Å². The molecule has 2 unspecified atom stereocenters. The van der Waals surface area contributed by atoms with Crippen molar-refractivity contribution in [1.82, 2.24) is 5.32 Å². The number of alkyl carbamates (subject to hydrolysis) is 1. The second kappa shape index (κ2) is 6.76. The van der Waals surface area contributed by atoms with Gasteiger partial charge in [0.2, 0.25) is 0 Å². The Kier molecular flexibility index (Phi) is 5.82. The summed E-state index contributed by atoms with van der Waals surface area (Å²) < 4.78 is 28.5. The maximum atomic E-state index is 11.7. The molecule has 3 N–H and O–H groups in total. The van der Waals surface area contributed by atoms with Gasteiger partial charge in [0.05, 0.1) is 11.5 Å². The molecule has 0 spiro atoms. The van der Waals surface area contributed by atoms with Crippen LogP contribution in [-0.2, 0) is 14.6 Å². The second-order valence-corrected chi connectivity index (χ2v) is 8.67. The van der Waals surface area contributed by atoms with Gasteiger partial charge in [-0.2, -0.15) is 0 Å². The predicted molar refractivity (Wildman–Crippen MR) is 78.2 cm³/mol. The smallest absolute Gasteiger partial charge is 0.407 e. The molecule has 0 aliphatic carbocycles. The van der Waals surface area contributed by atoms with Gasteiger partial charge in [0.1, 0.15) is 15.4 Å². The van der Waals surface area contributed by atoms with Crippen LogP contribution < -0.4 is 11.1 Å². The van der Waals surface area contributed by atoms with Crippen molar-refractivity contribution in [2.45, 2.75) is 39.2 Å². The number of ether oxygens (including phenoxy) is 1. The van der Waals surface area contributed by atoms with Crippen molar-refractivity contribution in [2.24, 2.45) is 17.6 Å². The van der Waals surface area contributed by atoms with E-state index < -0.39 is 21.5 Å². The molecule has 1 amide bonds. The summed E-state index contributed by atoms with van der Waals surface area (Å²) >= 11 is 0. The zero-order valence-electron chi connectivity index (χ0n) is 12.5. The second-order valence-electron chi connectivity index (χ2n) is 6.37. The molecule has 0 saturated carbocycles. The Balaban J connectivity index is 2.54. The fourth-order valence-electron chi connectivity index (χ4n) is 2.34. The third-order valence-corrected chi connectivity index (χ3v) is 5.19. The molecule has 1 aliphatic heterocycles. The molecule has 0 aromatic heterocycles. The molecule has 1 aliphatic rings. The zero-order valence-corrected chi connectivity index (χ0v) is 13.3. The van der Waals surface area contributed by atoms with Gasteiger partial charge < -0.3 is 15.8 Å². The minimum absolute atomic E-state index is 0.0878. The van der Waals surface area contributed by atoms with Crippen molar-refractivity contribution >= 4 is 15.9 Å². The minimum Gasteiger partial charge on any atom is -0.444 e. The first-order valence-electron chi connectivity index (χ1n) is 7.00. The first-order chi connectivity index (χ1) is 9.13. The number of carbonyl (C=O) groups is 1. The van der Waals surface area contributed by atoms with Crippen LogP contribution in [0.5, 0.6) is 0 Å². The van der Waals surface area contributed by atoms with Crippen LogP contribution in [0.2, 0.25) is 0 Å². The van der Waals surface area contributed by atoms with Gasteiger partial charge in [-0.25, -0.2) is 13.2 Å². The van der Waals surface area contributed by atoms with Crippen molar-refractivity contribution in [3.8, 4) is 0 Å². The van der Waals surface area contributed by atoms with E-state index in [-0.39, 0.29) is 23.3 Å². The lowest BCUT2D eigenvalue weighted by molar-refractivity contribution is 0.0512. The van der Waals surface area contributed by atoms with E-state index in [2.05, 4.69) is 5.32 Å². The number of carbonyl (C=O) groups excluding carboxylic acids is 1. The first-order valence-corrected chi connectivity index (χ1v) is 8.82. The van der Waals surface area contributed by atoms with E-state index in [4.69, 9.17) is 10.5 Å². The molecule has 6 nitrogen and oxygen atoms in total. The molecule has 7 heteroatoms. The quantitative estimate of drug-likeness (QED) is 0.807. The number of hydrogen-bond donors (Lipinski definition) is 2. The van der Waals surface area contributed by atoms with Gasteiger partial charge in [0.25, 0.3) is 0 Å². The van der Waals surface area contributed by atoms with E-state index in [1.165, 1.54) is 0 Å². The molecule has 0 radical (unpaired) electrons. The van der Waals surface area contributed by atoms with Crippen LogP contribution in [0, 0.1) is 11.8 Å². The zero-order chi connectivity index (χ0) is 15.4. The summed E-state index contributed by atoms with van der Waals surface area (Å²) in [7, 11) is -2.96. The molecular weight excluding hydrogens is 280 g/mol. The van der Waals surface area contributed by atoms with Crippen LogP contribution >= 0.6 is 0 Å². The molecule has 1 heterocycles. The van der Waals surface area contributed by atoms with Crippen molar-refractivity contribution in [3.63, 3.8) is 0 Å². The van der Waals surface area contributed by atoms with Crippen molar-refractivity contribution in [2.75, 3.05) is 24.6 Å². The maximum absolute atomic E-state index is 11.7. The number of hydrogen-bond acceptors (Lipinski definition) is 5. The molecule has 1 fully saturated rings. The SMILES string of the molecule is CC(C)(C)OC(=O)NCC1CCS(=O)(=O)CCC1CN. The fraction of sp³-hybridized carbons (Fsp3) is 0.923. The summed E-state index contributed by atoms with van der Waals surface area (Å²) in [6.45, 7) is 6.25. The van der Waals surface area contributed by atoms with Gasteiger partial charge in [-0.1, -0.05) is 0 Å². The Morgan fingerprint density at radius 3 is 2.30 bits per heavy atom. The predicted octanol–water partition coefficient (Wildman–Crippen LogP) is 0.911. The molecule has 1 rings (SSSR count). The molecule has 2 atom stereocenters. The van der Waals surface area contributed by atoms with E-state index in [1.54, 1.807) is 20.8 Å². The van der Waals surface area contributed by atoms with Gasteiger partial charge in [-0.15, -0.1) is 0 Å². The minimum atomic E-state index is -2.96. The molecule has 118 valence electrons. The topological polar surface area (TPSA) is 98.5 Å². The number of nitrogens with one attached hydrogen (secondary N) is 1. The average molecular weight is 306 g/mol. The summed E-state index contributed by atoms with van der Waals surface area (Å²) in [6, 6.07) is 0. The normalized spacial score (nSPS) is 26.6. The first kappa shape index (κ1) is 17.2. The Morgan fingerprint density at radius 2 is 1.80 bits per heavy atom. The van der Waals surface area contributed by atoms with Crippen LogP contribution in [0.25, 0.3) is 0 Å². The number of sulfone groups is 1. The van der Waals surface area contributed by atoms with E-state index in [9.17, 15) is 13.2 Å². The third-order valence-electron chi connectivity index (χ3n) is 3.48. The van der Waals surface area contributed by atoms with Crippen LogP contribution in [0.15, 0.2) is 0 Å². The highest BCUT2D eigenvalue weighted by Crippen LogP contribution is 2.24. The summed E-state index contributed by atoms with van der Waals surface area (Å²) in [5, 5.41) is 2.72. The monoisotopic (exact) mass is 306 g/mol. The van der Waals surface area contributed by atoms with Crippen LogP contribution in [0.3, 0.4) is 0 Å². The van der Waals surface area contributed by atoms with Gasteiger partial charge in [-0.3, -0.25) is 0 Å². The molecular formula is C13H26N2O4S. The van der Waals surface area contributed by atoms with E-state index in [1.807, 2.05) is 0 Å². The summed E-state index contributed by atoms with van der Waals surface area (Å²) in [5.74, 6) is 0.578. The molecule has 1 saturated heterocycles. The van der Waals surface area contributed by atoms with Crippen molar-refractivity contribution in [3.05, 3.63) is 0 Å². The third kappa shape index (κ3) is 6.09. The van der Waals surface area contributed by atoms with Gasteiger partial charge >= 0.3 is 6.09 Å². The largest absolute Gasteiger partial charge is 0.444 e. The lowest BCUT2D eigenvalue weighted by Crippen LogP contribution is -2.38. The van der Waals surface area contributed by atoms with E-state index in [0.29, 0.717) is 25.9 Å². The highest BCUT2D eigenvalue weighted by atomic mass is 32.2. The lowest BCUT2D eigenvalue weighted by Gasteiger charge is -2.25. The maximum Gasteiger partial charge on any atom is 0.407 e. The summed E-state index contributed by atoms with van der Waals surface area (Å²) in [6.07, 6.45) is 0.639. The molecule has 0 aromatic carbocycles. The van der Waals surface area contributed by atoms with Crippen LogP contribution in [0.1, 0.15) is 33.6 Å². The fourth-order valence-corrected chi connectivity index (χ4v) is 3.87. The lowest BCUT2D eigenvalue weighted by atomic mass is 9.88. The summed E-state index contributed by atoms with van der Waals surface area (Å²) in [4.78, 5) is 11.6. The molecule has 0 aromatic rings. The Hall–Kier alpha value is -0.820. The van der Waals surface area contributed by atoms with E-state index >= 15 is 0 Å². The van der Waals surface area contributed by atoms with Crippen LogP contribution in [-0.4, -0.2) is 44.7 Å². The van der Waals surface area contributed by atoms with Crippen molar-refractivity contribution < 1.29 is 17.9 Å². The van der Waals surface area contributed by atoms with Crippen molar-refractivity contribution in [1.29, 1.82) is 0 Å². The average Bonchev–Trinajstić information content (AvgIpc) is 2.43. The Labute approximate surface area is 121 Å². The highest BCUT2D eigenvalue weighted by molar-refractivity contribution is 7.91. The number of rotatable bonds is 3. The number of amides is 1. The van der Waals surface area contributed by atoms with Crippen LogP contribution in [0.4, 0.5) is 4.79 Å². The van der Waals surface area contributed by atoms with Gasteiger partial charge in [0, 0.05) is 6.54 Å².